The van der Waals surface area contributed by atoms with E-state index < -0.39 is 14.8 Å². The van der Waals surface area contributed by atoms with Crippen molar-refractivity contribution >= 4 is 16.5 Å². The van der Waals surface area contributed by atoms with Gasteiger partial charge in [-0.15, -0.1) is 0 Å². The van der Waals surface area contributed by atoms with Crippen LogP contribution in [0.1, 0.15) is 115 Å². The third kappa shape index (κ3) is 6.84. The van der Waals surface area contributed by atoms with Gasteiger partial charge < -0.3 is 0 Å². The van der Waals surface area contributed by atoms with Crippen LogP contribution in [0.2, 0.25) is 0 Å². The summed E-state index contributed by atoms with van der Waals surface area (Å²) in [7, 11) is 0. The number of fused-ring (bicyclic) bond motifs is 2. The number of hydrogen-bond donors (Lipinski definition) is 0. The summed E-state index contributed by atoms with van der Waals surface area (Å²) in [5.74, 6) is 0. The van der Waals surface area contributed by atoms with Crippen LogP contribution in [0, 0.1) is 0 Å². The Morgan fingerprint density at radius 2 is 0.825 bits per heavy atom. The fourth-order valence-electron chi connectivity index (χ4n) is 11.2. The van der Waals surface area contributed by atoms with Crippen LogP contribution in [0.25, 0.3) is 34.4 Å². The van der Waals surface area contributed by atoms with E-state index in [2.05, 4.69) is 224 Å². The van der Waals surface area contributed by atoms with Gasteiger partial charge in [0.05, 0.1) is 0 Å². The van der Waals surface area contributed by atoms with Gasteiger partial charge in [-0.2, -0.15) is 0 Å². The van der Waals surface area contributed by atoms with Gasteiger partial charge in [0.15, 0.2) is 0 Å². The summed E-state index contributed by atoms with van der Waals surface area (Å²) in [6, 6.07) is 56.1. The average molecular weight is 781 g/mol. The van der Waals surface area contributed by atoms with Gasteiger partial charge in [-0.1, -0.05) is 0 Å². The molecule has 288 valence electrons. The number of allylic oxidation sites excluding steroid dienone is 2. The predicted molar refractivity (Wildman–Crippen MR) is 246 cm³/mol. The van der Waals surface area contributed by atoms with Crippen molar-refractivity contribution in [1.82, 2.24) is 0 Å². The topological polar surface area (TPSA) is 0 Å². The molecule has 0 saturated carbocycles. The molecule has 6 aromatic rings. The van der Waals surface area contributed by atoms with Crippen molar-refractivity contribution in [3.63, 3.8) is 0 Å². The van der Waals surface area contributed by atoms with Crippen molar-refractivity contribution in [2.75, 3.05) is 0 Å². The Morgan fingerprint density at radius 1 is 0.456 bits per heavy atom. The van der Waals surface area contributed by atoms with Crippen molar-refractivity contribution in [2.24, 2.45) is 0 Å². The first kappa shape index (κ1) is 39.2. The van der Waals surface area contributed by atoms with Gasteiger partial charge in [0.2, 0.25) is 0 Å². The Bertz CT molecular complexity index is 2380. The normalized spacial score (nSPS) is 16.8. The second kappa shape index (κ2) is 14.6. The average Bonchev–Trinajstić information content (AvgIpc) is 3.74. The van der Waals surface area contributed by atoms with E-state index in [1.54, 1.807) is 0 Å². The van der Waals surface area contributed by atoms with Gasteiger partial charge in [0.1, 0.15) is 0 Å². The first-order chi connectivity index (χ1) is 27.2. The third-order valence-electron chi connectivity index (χ3n) is 13.9. The Balaban J connectivity index is 1.40. The van der Waals surface area contributed by atoms with E-state index in [9.17, 15) is 0 Å². The van der Waals surface area contributed by atoms with Gasteiger partial charge >= 0.3 is 346 Å². The molecule has 2 atom stereocenters. The van der Waals surface area contributed by atoms with Crippen LogP contribution in [0.15, 0.2) is 157 Å². The van der Waals surface area contributed by atoms with Crippen molar-refractivity contribution in [3.05, 3.63) is 201 Å². The molecule has 2 unspecified atom stereocenters. The molecule has 8 rings (SSSR count). The number of rotatable bonds is 8. The van der Waals surface area contributed by atoms with Crippen molar-refractivity contribution in [3.8, 4) is 22.3 Å². The van der Waals surface area contributed by atoms with E-state index in [1.165, 1.54) is 77.9 Å². The van der Waals surface area contributed by atoms with Crippen LogP contribution in [0.4, 0.5) is 0 Å². The molecule has 0 heterocycles. The van der Waals surface area contributed by atoms with Crippen LogP contribution in [-0.4, -0.2) is 4.31 Å². The van der Waals surface area contributed by atoms with Crippen LogP contribution >= 0.6 is 0 Å². The Labute approximate surface area is 343 Å². The van der Waals surface area contributed by atoms with Gasteiger partial charge in [0.25, 0.3) is 0 Å². The fourth-order valence-corrected chi connectivity index (χ4v) is 25.9. The summed E-state index contributed by atoms with van der Waals surface area (Å²) in [5.41, 5.74) is 20.0. The zero-order valence-corrected chi connectivity index (χ0v) is 37.2. The maximum atomic E-state index is 2.86. The molecule has 2 aliphatic carbocycles. The second-order valence-electron chi connectivity index (χ2n) is 19.5. The van der Waals surface area contributed by atoms with E-state index >= 15 is 0 Å². The van der Waals surface area contributed by atoms with Gasteiger partial charge in [-0.25, -0.2) is 0 Å². The molecule has 0 amide bonds. The number of benzene rings is 6. The quantitative estimate of drug-likeness (QED) is 0.135. The monoisotopic (exact) mass is 780 g/mol. The van der Waals surface area contributed by atoms with E-state index in [-0.39, 0.29) is 10.8 Å². The van der Waals surface area contributed by atoms with Gasteiger partial charge in [0, 0.05) is 0 Å². The Hall–Kier alpha value is -4.62. The summed E-state index contributed by atoms with van der Waals surface area (Å²) >= 11 is -4.29. The van der Waals surface area contributed by atoms with E-state index in [0.717, 1.165) is 9.45 Å². The van der Waals surface area contributed by atoms with Crippen molar-refractivity contribution in [1.29, 1.82) is 0 Å². The molecule has 2 aliphatic rings. The zero-order chi connectivity index (χ0) is 40.2. The molecule has 0 spiro atoms. The molecule has 0 fully saturated rings. The van der Waals surface area contributed by atoms with Crippen LogP contribution in [0.3, 0.4) is 0 Å². The molecule has 0 radical (unpaired) electrons. The summed E-state index contributed by atoms with van der Waals surface area (Å²) in [6.07, 6.45) is 5.16. The van der Waals surface area contributed by atoms with Crippen molar-refractivity contribution < 1.29 is 14.8 Å². The van der Waals surface area contributed by atoms with Gasteiger partial charge in [-0.3, -0.25) is 0 Å². The first-order valence-electron chi connectivity index (χ1n) is 21.1. The predicted octanol–water partition coefficient (Wildman–Crippen LogP) is 15.1. The molecular weight excluding hydrogens is 720 g/mol. The maximum absolute atomic E-state index is 4.29. The van der Waals surface area contributed by atoms with Crippen LogP contribution in [-0.2, 0) is 35.1 Å². The molecule has 0 nitrogen and oxygen atoms in total. The van der Waals surface area contributed by atoms with Crippen molar-refractivity contribution in [2.45, 2.75) is 91.0 Å². The Morgan fingerprint density at radius 3 is 1.16 bits per heavy atom. The molecule has 1 heteroatoms. The molecule has 0 aromatic heterocycles. The van der Waals surface area contributed by atoms with E-state index in [4.69, 9.17) is 0 Å². The molecule has 0 bridgehead atoms. The molecule has 57 heavy (non-hydrogen) atoms. The van der Waals surface area contributed by atoms with E-state index in [0.29, 0.717) is 8.45 Å². The number of hydrogen-bond acceptors (Lipinski definition) is 0. The summed E-state index contributed by atoms with van der Waals surface area (Å²) in [6.45, 7) is 21.2. The van der Waals surface area contributed by atoms with Crippen LogP contribution < -0.4 is 0 Å². The fraction of sp³-hybridized carbons (Fsp3) is 0.268. The van der Waals surface area contributed by atoms with Gasteiger partial charge in [-0.05, 0) is 0 Å². The molecule has 0 saturated heterocycles. The Kier molecular flexibility index (Phi) is 10.1. The zero-order valence-electron chi connectivity index (χ0n) is 35.7. The summed E-state index contributed by atoms with van der Waals surface area (Å²) in [5, 5.41) is 0. The molecule has 0 aliphatic heterocycles. The van der Waals surface area contributed by atoms with Crippen LogP contribution in [0.5, 0.6) is 0 Å². The molecule has 0 N–H and O–H groups in total. The SMILES string of the molecule is C[CH]=[Ti]([CH2]c1ccccc1)([CH2]c1ccccc1)([CH]1C(C)=Cc2c(-c3ccc(C(C)(C)C)cc3)cccc21)[CH]1C(C)=Cc2c(-c3ccc(C(C)(C)C)cc3)cccc21. The summed E-state index contributed by atoms with van der Waals surface area (Å²) in [4.78, 5) is 0. The minimum absolute atomic E-state index is 0.114. The second-order valence-corrected chi connectivity index (χ2v) is 29.5. The first-order valence-corrected chi connectivity index (χ1v) is 26.0. The van der Waals surface area contributed by atoms with E-state index in [1.807, 2.05) is 0 Å². The summed E-state index contributed by atoms with van der Waals surface area (Å²) < 4.78 is 5.66. The standard InChI is InChI=1S/2C20H21.2C7H7.C2H4.Ti/c2*1-14-12-16-6-5-7-18(19(16)13-14)15-8-10-17(11-9-15)20(2,3)4;2*1-7-5-3-2-4-6-7;1-2;/h2*5-13H,1-4H3;2*2-6H,1H2;1H,2H3;. The molecule has 6 aromatic carbocycles. The third-order valence-corrected chi connectivity index (χ3v) is 27.2. The molecular formula is C56H60Ti. The minimum atomic E-state index is -4.29.